The molecule has 0 radical (unpaired) electrons. The van der Waals surface area contributed by atoms with Crippen LogP contribution in [0.5, 0.6) is 11.5 Å². The van der Waals surface area contributed by atoms with Crippen LogP contribution in [0.15, 0.2) is 46.2 Å². The van der Waals surface area contributed by atoms with Crippen molar-refractivity contribution in [2.75, 3.05) is 14.2 Å². The summed E-state index contributed by atoms with van der Waals surface area (Å²) in [6, 6.07) is 6.90. The molecule has 6 nitrogen and oxygen atoms in total. The normalized spacial score (nSPS) is 10.5. The van der Waals surface area contributed by atoms with Crippen LogP contribution in [0.2, 0.25) is 0 Å². The van der Waals surface area contributed by atoms with Gasteiger partial charge in [-0.1, -0.05) is 0 Å². The lowest BCUT2D eigenvalue weighted by Crippen LogP contribution is -2.17. The predicted octanol–water partition coefficient (Wildman–Crippen LogP) is 2.63. The van der Waals surface area contributed by atoms with Crippen molar-refractivity contribution < 1.29 is 14.3 Å². The van der Waals surface area contributed by atoms with Gasteiger partial charge in [0.1, 0.15) is 0 Å². The van der Waals surface area contributed by atoms with Crippen LogP contribution in [0.1, 0.15) is 15.9 Å². The molecule has 0 bridgehead atoms. The third-order valence-corrected chi connectivity index (χ3v) is 3.35. The molecule has 0 spiro atoms. The van der Waals surface area contributed by atoms with Crippen LogP contribution in [0.4, 0.5) is 0 Å². The number of methoxy groups -OCH3 is 2. The number of carbonyl (C=O) groups excluding carboxylic acids is 1. The highest BCUT2D eigenvalue weighted by molar-refractivity contribution is 9.10. The van der Waals surface area contributed by atoms with Crippen LogP contribution in [-0.2, 0) is 0 Å². The van der Waals surface area contributed by atoms with Gasteiger partial charge in [-0.2, -0.15) is 5.10 Å². The molecule has 0 aliphatic heterocycles. The Labute approximate surface area is 136 Å². The first-order valence-electron chi connectivity index (χ1n) is 6.30. The maximum Gasteiger partial charge on any atom is 0.272 e. The predicted molar refractivity (Wildman–Crippen MR) is 86.5 cm³/mol. The molecule has 1 heterocycles. The van der Waals surface area contributed by atoms with Crippen molar-refractivity contribution in [3.05, 3.63) is 52.3 Å². The van der Waals surface area contributed by atoms with Crippen LogP contribution in [-0.4, -0.2) is 31.3 Å². The quantitative estimate of drug-likeness (QED) is 0.654. The number of pyridine rings is 1. The number of nitrogens with zero attached hydrogens (tertiary/aromatic N) is 2. The van der Waals surface area contributed by atoms with E-state index in [4.69, 9.17) is 9.47 Å². The van der Waals surface area contributed by atoms with Crippen LogP contribution < -0.4 is 14.9 Å². The van der Waals surface area contributed by atoms with Gasteiger partial charge in [0.05, 0.1) is 30.5 Å². The van der Waals surface area contributed by atoms with Crippen molar-refractivity contribution in [2.24, 2.45) is 5.10 Å². The van der Waals surface area contributed by atoms with Crippen LogP contribution in [0.25, 0.3) is 0 Å². The van der Waals surface area contributed by atoms with Crippen molar-refractivity contribution in [3.8, 4) is 11.5 Å². The Morgan fingerprint density at radius 2 is 2.18 bits per heavy atom. The second-order valence-electron chi connectivity index (χ2n) is 4.18. The lowest BCUT2D eigenvalue weighted by molar-refractivity contribution is 0.0955. The molecule has 1 aromatic heterocycles. The number of rotatable bonds is 5. The highest BCUT2D eigenvalue weighted by Gasteiger charge is 2.09. The molecule has 0 saturated carbocycles. The van der Waals surface area contributed by atoms with Crippen molar-refractivity contribution >= 4 is 28.1 Å². The topological polar surface area (TPSA) is 72.8 Å². The molecular weight excluding hydrogens is 350 g/mol. The first-order chi connectivity index (χ1) is 10.7. The zero-order valence-corrected chi connectivity index (χ0v) is 13.6. The highest BCUT2D eigenvalue weighted by Crippen LogP contribution is 2.35. The summed E-state index contributed by atoms with van der Waals surface area (Å²) in [6.45, 7) is 0. The molecule has 1 N–H and O–H groups in total. The maximum atomic E-state index is 11.8. The average molecular weight is 364 g/mol. The van der Waals surface area contributed by atoms with Gasteiger partial charge >= 0.3 is 0 Å². The molecule has 2 aromatic rings. The number of aromatic nitrogens is 1. The molecule has 0 saturated heterocycles. The number of ether oxygens (including phenoxy) is 2. The largest absolute Gasteiger partial charge is 0.493 e. The Hall–Kier alpha value is -2.41. The summed E-state index contributed by atoms with van der Waals surface area (Å²) in [5.41, 5.74) is 3.62. The summed E-state index contributed by atoms with van der Waals surface area (Å²) in [5.74, 6) is 0.833. The molecule has 0 unspecified atom stereocenters. The zero-order chi connectivity index (χ0) is 15.9. The van der Waals surface area contributed by atoms with Gasteiger partial charge in [0.25, 0.3) is 5.91 Å². The number of nitrogens with one attached hydrogen (secondary N) is 1. The van der Waals surface area contributed by atoms with Crippen molar-refractivity contribution in [1.82, 2.24) is 10.4 Å². The standard InChI is InChI=1S/C15H14BrN3O3/c1-21-13-7-10(6-12(16)14(13)22-2)8-18-19-15(20)11-4-3-5-17-9-11/h3-9H,1-2H3,(H,19,20). The summed E-state index contributed by atoms with van der Waals surface area (Å²) in [5, 5.41) is 3.92. The van der Waals surface area contributed by atoms with E-state index in [-0.39, 0.29) is 5.91 Å². The fourth-order valence-electron chi connectivity index (χ4n) is 1.74. The second-order valence-corrected chi connectivity index (χ2v) is 5.03. The summed E-state index contributed by atoms with van der Waals surface area (Å²) < 4.78 is 11.2. The third kappa shape index (κ3) is 3.82. The molecule has 1 aromatic carbocycles. The fourth-order valence-corrected chi connectivity index (χ4v) is 2.36. The van der Waals surface area contributed by atoms with Crippen molar-refractivity contribution in [2.45, 2.75) is 0 Å². The van der Waals surface area contributed by atoms with E-state index in [0.29, 0.717) is 17.1 Å². The summed E-state index contributed by atoms with van der Waals surface area (Å²) in [7, 11) is 3.11. The Bertz CT molecular complexity index is 690. The van der Waals surface area contributed by atoms with Gasteiger partial charge in [-0.15, -0.1) is 0 Å². The molecule has 0 aliphatic carbocycles. The molecule has 22 heavy (non-hydrogen) atoms. The van der Waals surface area contributed by atoms with E-state index in [2.05, 4.69) is 31.4 Å². The van der Waals surface area contributed by atoms with Crippen LogP contribution in [0.3, 0.4) is 0 Å². The Kier molecular flexibility index (Phi) is 5.48. The average Bonchev–Trinajstić information content (AvgIpc) is 2.55. The summed E-state index contributed by atoms with van der Waals surface area (Å²) in [6.07, 6.45) is 4.58. The molecule has 0 aliphatic rings. The number of hydrogen-bond acceptors (Lipinski definition) is 5. The third-order valence-electron chi connectivity index (χ3n) is 2.76. The van der Waals surface area contributed by atoms with Gasteiger partial charge in [0, 0.05) is 12.4 Å². The number of hydrogen-bond donors (Lipinski definition) is 1. The Balaban J connectivity index is 2.10. The number of amides is 1. The Morgan fingerprint density at radius 1 is 1.36 bits per heavy atom. The van der Waals surface area contributed by atoms with E-state index in [1.807, 2.05) is 0 Å². The van der Waals surface area contributed by atoms with Gasteiger partial charge < -0.3 is 9.47 Å². The minimum absolute atomic E-state index is 0.330. The van der Waals surface area contributed by atoms with Crippen LogP contribution in [0, 0.1) is 0 Å². The maximum absolute atomic E-state index is 11.8. The monoisotopic (exact) mass is 363 g/mol. The van der Waals surface area contributed by atoms with Crippen molar-refractivity contribution in [1.29, 1.82) is 0 Å². The molecular formula is C15H14BrN3O3. The summed E-state index contributed by atoms with van der Waals surface area (Å²) in [4.78, 5) is 15.7. The van der Waals surface area contributed by atoms with E-state index in [0.717, 1.165) is 10.0 Å². The van der Waals surface area contributed by atoms with Gasteiger partial charge in [0.2, 0.25) is 0 Å². The molecule has 2 rings (SSSR count). The van der Waals surface area contributed by atoms with E-state index < -0.39 is 0 Å². The SMILES string of the molecule is COc1cc(C=NNC(=O)c2cccnc2)cc(Br)c1OC. The minimum atomic E-state index is -0.330. The fraction of sp³-hybridized carbons (Fsp3) is 0.133. The Morgan fingerprint density at radius 3 is 2.82 bits per heavy atom. The lowest BCUT2D eigenvalue weighted by atomic mass is 10.2. The number of carbonyl (C=O) groups is 1. The molecule has 0 fully saturated rings. The second kappa shape index (κ2) is 7.56. The van der Waals surface area contributed by atoms with Gasteiger partial charge in [0.15, 0.2) is 11.5 Å². The lowest BCUT2D eigenvalue weighted by Gasteiger charge is -2.10. The molecule has 7 heteroatoms. The first kappa shape index (κ1) is 16.0. The van der Waals surface area contributed by atoms with E-state index in [1.54, 1.807) is 44.7 Å². The number of benzene rings is 1. The van der Waals surface area contributed by atoms with Gasteiger partial charge in [-0.05, 0) is 45.8 Å². The molecule has 0 atom stereocenters. The van der Waals surface area contributed by atoms with E-state index in [1.165, 1.54) is 12.4 Å². The van der Waals surface area contributed by atoms with Gasteiger partial charge in [-0.25, -0.2) is 5.43 Å². The smallest absolute Gasteiger partial charge is 0.272 e. The van der Waals surface area contributed by atoms with Crippen LogP contribution >= 0.6 is 15.9 Å². The molecule has 1 amide bonds. The minimum Gasteiger partial charge on any atom is -0.493 e. The number of hydrazone groups is 1. The highest BCUT2D eigenvalue weighted by atomic mass is 79.9. The van der Waals surface area contributed by atoms with Crippen molar-refractivity contribution in [3.63, 3.8) is 0 Å². The number of halogens is 1. The van der Waals surface area contributed by atoms with E-state index in [9.17, 15) is 4.79 Å². The summed E-state index contributed by atoms with van der Waals surface area (Å²) >= 11 is 3.39. The molecule has 114 valence electrons. The van der Waals surface area contributed by atoms with E-state index >= 15 is 0 Å². The first-order valence-corrected chi connectivity index (χ1v) is 7.10. The zero-order valence-electron chi connectivity index (χ0n) is 12.0. The van der Waals surface area contributed by atoms with Gasteiger partial charge in [-0.3, -0.25) is 9.78 Å².